The van der Waals surface area contributed by atoms with Crippen molar-refractivity contribution in [1.82, 2.24) is 29.5 Å². The molecule has 2 bridgehead atoms. The molecule has 2 aromatic heterocycles. The van der Waals surface area contributed by atoms with Crippen LogP contribution in [-0.4, -0.2) is 92.4 Å². The highest BCUT2D eigenvalue weighted by Crippen LogP contribution is 2.76. The third-order valence-electron chi connectivity index (χ3n) is 12.6. The van der Waals surface area contributed by atoms with Crippen LogP contribution < -0.4 is 9.64 Å². The van der Waals surface area contributed by atoms with Crippen LogP contribution >= 0.6 is 0 Å². The van der Waals surface area contributed by atoms with Crippen molar-refractivity contribution in [3.8, 4) is 5.88 Å². The standard InChI is InChI=1S/C38H46N8O3/c1-25(2)49-31-7-5-27(18-39-31)33-30-16-29(6-4-26(30)17-40-33)46-15-11-36(35(46)48)10-14-44(23-36)19-32(47)45-12-8-28(9-13-45)37-20-38(21-37,22-37)34-41-24-43(3)42-34/h4-7,16,18,24-25,28H,8-15,17,19-23H2,1-3H3/t36-,37?,38?/m0/s1. The molecule has 11 nitrogen and oxygen atoms in total. The van der Waals surface area contributed by atoms with Gasteiger partial charge in [-0.05, 0) is 100 Å². The van der Waals surface area contributed by atoms with Crippen LogP contribution in [0.2, 0.25) is 0 Å². The maximum Gasteiger partial charge on any atom is 0.236 e. The van der Waals surface area contributed by atoms with Crippen LogP contribution in [0.3, 0.4) is 0 Å². The van der Waals surface area contributed by atoms with Crippen molar-refractivity contribution >= 4 is 23.2 Å². The Morgan fingerprint density at radius 2 is 1.80 bits per heavy atom. The fourth-order valence-electron chi connectivity index (χ4n) is 10.1. The molecule has 10 rings (SSSR count). The van der Waals surface area contributed by atoms with E-state index in [2.05, 4.69) is 43.1 Å². The third-order valence-corrected chi connectivity index (χ3v) is 12.6. The van der Waals surface area contributed by atoms with Crippen LogP contribution in [0.5, 0.6) is 5.88 Å². The molecule has 256 valence electrons. The van der Waals surface area contributed by atoms with E-state index >= 15 is 0 Å². The summed E-state index contributed by atoms with van der Waals surface area (Å²) in [5.41, 5.74) is 5.25. The number of aromatic nitrogens is 4. The van der Waals surface area contributed by atoms with Gasteiger partial charge < -0.3 is 14.5 Å². The highest BCUT2D eigenvalue weighted by molar-refractivity contribution is 6.15. The molecule has 3 aromatic rings. The second kappa shape index (κ2) is 11.2. The van der Waals surface area contributed by atoms with Crippen LogP contribution in [0.25, 0.3) is 0 Å². The number of carbonyl (C=O) groups is 2. The Morgan fingerprint density at radius 3 is 2.51 bits per heavy atom. The predicted octanol–water partition coefficient (Wildman–Crippen LogP) is 4.14. The number of amides is 2. The molecule has 1 spiro atoms. The van der Waals surface area contributed by atoms with Crippen LogP contribution in [0.15, 0.2) is 47.8 Å². The van der Waals surface area contributed by atoms with E-state index in [1.807, 2.05) is 55.1 Å². The van der Waals surface area contributed by atoms with Crippen LogP contribution in [0, 0.1) is 16.7 Å². The number of nitrogens with zero attached hydrogens (tertiary/aromatic N) is 8. The van der Waals surface area contributed by atoms with E-state index in [4.69, 9.17) is 9.73 Å². The Balaban J connectivity index is 0.792. The van der Waals surface area contributed by atoms with E-state index in [1.54, 1.807) is 0 Å². The van der Waals surface area contributed by atoms with Crippen molar-refractivity contribution < 1.29 is 14.3 Å². The Kier molecular flexibility index (Phi) is 7.06. The van der Waals surface area contributed by atoms with Crippen molar-refractivity contribution in [2.24, 2.45) is 28.8 Å². The summed E-state index contributed by atoms with van der Waals surface area (Å²) in [4.78, 5) is 47.7. The van der Waals surface area contributed by atoms with Crippen LogP contribution in [0.4, 0.5) is 5.69 Å². The first-order valence-corrected chi connectivity index (χ1v) is 18.1. The summed E-state index contributed by atoms with van der Waals surface area (Å²) in [5, 5.41) is 4.60. The van der Waals surface area contributed by atoms with Gasteiger partial charge in [-0.15, -0.1) is 0 Å². The normalized spacial score (nSPS) is 29.4. The van der Waals surface area contributed by atoms with Gasteiger partial charge in [0.2, 0.25) is 17.7 Å². The van der Waals surface area contributed by atoms with Gasteiger partial charge in [-0.2, -0.15) is 5.10 Å². The average Bonchev–Trinajstić information content (AvgIpc) is 3.84. The van der Waals surface area contributed by atoms with E-state index in [0.717, 1.165) is 79.2 Å². The fraction of sp³-hybridized carbons (Fsp3) is 0.579. The van der Waals surface area contributed by atoms with Gasteiger partial charge in [-0.1, -0.05) is 6.07 Å². The molecule has 3 saturated heterocycles. The summed E-state index contributed by atoms with van der Waals surface area (Å²) < 4.78 is 7.53. The Labute approximate surface area is 287 Å². The number of aliphatic imine (C=N–C) groups is 1. The van der Waals surface area contributed by atoms with Crippen molar-refractivity contribution in [2.75, 3.05) is 44.2 Å². The number of ether oxygens (including phenoxy) is 1. The van der Waals surface area contributed by atoms with Gasteiger partial charge in [-0.25, -0.2) is 9.97 Å². The lowest BCUT2D eigenvalue weighted by Crippen LogP contribution is -2.68. The van der Waals surface area contributed by atoms with E-state index < -0.39 is 5.41 Å². The second-order valence-electron chi connectivity index (χ2n) is 16.1. The molecule has 7 aliphatic rings. The van der Waals surface area contributed by atoms with Gasteiger partial charge >= 0.3 is 0 Å². The summed E-state index contributed by atoms with van der Waals surface area (Å²) in [6.45, 7) is 8.85. The molecule has 0 radical (unpaired) electrons. The number of hydrogen-bond donors (Lipinski definition) is 0. The third kappa shape index (κ3) is 5.02. The maximum atomic E-state index is 14.1. The van der Waals surface area contributed by atoms with Crippen molar-refractivity contribution in [3.05, 3.63) is 65.4 Å². The minimum absolute atomic E-state index is 0.0646. The van der Waals surface area contributed by atoms with E-state index in [9.17, 15) is 9.59 Å². The zero-order valence-corrected chi connectivity index (χ0v) is 28.9. The molecule has 6 fully saturated rings. The summed E-state index contributed by atoms with van der Waals surface area (Å²) >= 11 is 0. The fourth-order valence-corrected chi connectivity index (χ4v) is 10.1. The van der Waals surface area contributed by atoms with Gasteiger partial charge in [0.1, 0.15) is 6.33 Å². The zero-order valence-electron chi connectivity index (χ0n) is 28.9. The molecule has 4 aliphatic heterocycles. The molecular formula is C38H46N8O3. The molecule has 3 saturated carbocycles. The number of hydrogen-bond acceptors (Lipinski definition) is 8. The van der Waals surface area contributed by atoms with E-state index in [1.165, 1.54) is 19.3 Å². The molecular weight excluding hydrogens is 616 g/mol. The Hall–Kier alpha value is -4.12. The Bertz CT molecular complexity index is 1820. The number of aryl methyl sites for hydroxylation is 1. The van der Waals surface area contributed by atoms with Crippen LogP contribution in [-0.2, 0) is 28.6 Å². The van der Waals surface area contributed by atoms with Crippen molar-refractivity contribution in [3.63, 3.8) is 0 Å². The molecule has 1 aromatic carbocycles. The zero-order chi connectivity index (χ0) is 33.5. The summed E-state index contributed by atoms with van der Waals surface area (Å²) in [6.07, 6.45) is 11.1. The predicted molar refractivity (Wildman–Crippen MR) is 185 cm³/mol. The van der Waals surface area contributed by atoms with Gasteiger partial charge in [0, 0.05) is 67.7 Å². The van der Waals surface area contributed by atoms with Gasteiger partial charge in [-0.3, -0.25) is 24.2 Å². The van der Waals surface area contributed by atoms with Gasteiger partial charge in [0.05, 0.1) is 30.3 Å². The van der Waals surface area contributed by atoms with Crippen molar-refractivity contribution in [1.29, 1.82) is 0 Å². The summed E-state index contributed by atoms with van der Waals surface area (Å²) in [5.74, 6) is 2.73. The second-order valence-corrected chi connectivity index (χ2v) is 16.1. The number of benzene rings is 1. The topological polar surface area (TPSA) is 109 Å². The lowest BCUT2D eigenvalue weighted by Gasteiger charge is -2.73. The number of anilines is 1. The van der Waals surface area contributed by atoms with E-state index in [0.29, 0.717) is 43.4 Å². The summed E-state index contributed by atoms with van der Waals surface area (Å²) in [6, 6.07) is 10.2. The smallest absolute Gasteiger partial charge is 0.236 e. The lowest BCUT2D eigenvalue weighted by molar-refractivity contribution is -0.195. The Morgan fingerprint density at radius 1 is 1.00 bits per heavy atom. The molecule has 1 atom stereocenters. The molecule has 0 unspecified atom stereocenters. The number of rotatable bonds is 8. The number of piperidine rings is 1. The molecule has 3 aliphatic carbocycles. The molecule has 0 N–H and O–H groups in total. The van der Waals surface area contributed by atoms with Crippen LogP contribution in [0.1, 0.15) is 81.3 Å². The maximum absolute atomic E-state index is 14.1. The first-order valence-electron chi connectivity index (χ1n) is 18.1. The quantitative estimate of drug-likeness (QED) is 0.357. The van der Waals surface area contributed by atoms with E-state index in [-0.39, 0.29) is 23.3 Å². The highest BCUT2D eigenvalue weighted by Gasteiger charge is 2.72. The van der Waals surface area contributed by atoms with Crippen molar-refractivity contribution in [2.45, 2.75) is 76.9 Å². The largest absolute Gasteiger partial charge is 0.475 e. The number of likely N-dealkylation sites (tertiary alicyclic amines) is 2. The molecule has 6 heterocycles. The average molecular weight is 663 g/mol. The highest BCUT2D eigenvalue weighted by atomic mass is 16.5. The lowest BCUT2D eigenvalue weighted by atomic mass is 9.31. The minimum Gasteiger partial charge on any atom is -0.475 e. The first-order chi connectivity index (χ1) is 23.6. The number of pyridine rings is 1. The SMILES string of the molecule is CC(C)Oc1ccc(C2=NCc3ccc(N4CC[C@]5(CCN(CC(=O)N6CCC(C78CC(c9ncn(C)n9)(C7)C8)CC6)C5)C4=O)cc32)cn1. The molecule has 2 amide bonds. The first kappa shape index (κ1) is 30.9. The number of fused-ring (bicyclic) bond motifs is 1. The number of carbonyl (C=O) groups excluding carboxylic acids is 2. The molecule has 49 heavy (non-hydrogen) atoms. The van der Waals surface area contributed by atoms with Gasteiger partial charge in [0.15, 0.2) is 5.82 Å². The molecule has 11 heteroatoms. The minimum atomic E-state index is -0.415. The monoisotopic (exact) mass is 662 g/mol. The summed E-state index contributed by atoms with van der Waals surface area (Å²) in [7, 11) is 1.94. The van der Waals surface area contributed by atoms with Gasteiger partial charge in [0.25, 0.3) is 0 Å².